The third kappa shape index (κ3) is 3.97. The summed E-state index contributed by atoms with van der Waals surface area (Å²) in [6, 6.07) is -0.271. The number of nitrogens with zero attached hydrogens (tertiary/aromatic N) is 4. The van der Waals surface area contributed by atoms with Crippen LogP contribution in [0.15, 0.2) is 0 Å². The van der Waals surface area contributed by atoms with Crippen LogP contribution in [-0.2, 0) is 13.5 Å². The minimum absolute atomic E-state index is 0.110. The molecule has 2 rings (SSSR count). The molecule has 1 unspecified atom stereocenters. The maximum atomic E-state index is 12.9. The molecule has 0 aromatic carbocycles. The first-order valence-electron chi connectivity index (χ1n) is 7.91. The molecule has 0 aliphatic carbocycles. The Balaban J connectivity index is 1.79. The van der Waals surface area contributed by atoms with Gasteiger partial charge in [0.05, 0.1) is 0 Å². The van der Waals surface area contributed by atoms with Gasteiger partial charge in [-0.3, -0.25) is 0 Å². The normalized spacial score (nSPS) is 20.3. The molecule has 8 heteroatoms. The fraction of sp³-hybridized carbons (Fsp3) is 0.800. The van der Waals surface area contributed by atoms with Crippen LogP contribution >= 0.6 is 0 Å². The Kier molecular flexibility index (Phi) is 5.21. The molecule has 1 aliphatic rings. The number of nitrogens with one attached hydrogen (secondary N) is 1. The first-order chi connectivity index (χ1) is 10.7. The largest absolute Gasteiger partial charge is 0.338 e. The lowest BCUT2D eigenvalue weighted by Crippen LogP contribution is -2.48. The molecule has 1 saturated heterocycles. The van der Waals surface area contributed by atoms with Crippen LogP contribution < -0.4 is 5.32 Å². The Morgan fingerprint density at radius 1 is 1.43 bits per heavy atom. The van der Waals surface area contributed by atoms with E-state index < -0.39 is 17.9 Å². The lowest BCUT2D eigenvalue weighted by Gasteiger charge is -2.31. The number of aromatic nitrogens is 3. The zero-order valence-corrected chi connectivity index (χ0v) is 14.1. The number of hydrogen-bond donors (Lipinski definition) is 1. The number of carbonyl (C=O) groups is 1. The van der Waals surface area contributed by atoms with Crippen molar-refractivity contribution < 1.29 is 13.6 Å². The highest BCUT2D eigenvalue weighted by Crippen LogP contribution is 2.35. The van der Waals surface area contributed by atoms with Gasteiger partial charge in [-0.15, -0.1) is 10.2 Å². The van der Waals surface area contributed by atoms with E-state index in [0.29, 0.717) is 19.4 Å². The molecular formula is C15H25F2N5O. The van der Waals surface area contributed by atoms with Gasteiger partial charge >= 0.3 is 6.03 Å². The van der Waals surface area contributed by atoms with Crippen molar-refractivity contribution in [3.8, 4) is 0 Å². The molecule has 6 nitrogen and oxygen atoms in total. The van der Waals surface area contributed by atoms with Crippen molar-refractivity contribution in [3.63, 3.8) is 0 Å². The van der Waals surface area contributed by atoms with E-state index in [2.05, 4.69) is 15.5 Å². The quantitative estimate of drug-likeness (QED) is 0.842. The van der Waals surface area contributed by atoms with Crippen LogP contribution in [0.2, 0.25) is 0 Å². The fourth-order valence-electron chi connectivity index (χ4n) is 3.03. The number of rotatable bonds is 5. The Bertz CT molecular complexity index is 558. The van der Waals surface area contributed by atoms with Crippen LogP contribution in [-0.4, -0.2) is 50.7 Å². The topological polar surface area (TPSA) is 63.1 Å². The molecule has 0 bridgehead atoms. The summed E-state index contributed by atoms with van der Waals surface area (Å²) in [5.41, 5.74) is -0.536. The Morgan fingerprint density at radius 3 is 2.65 bits per heavy atom. The van der Waals surface area contributed by atoms with Gasteiger partial charge in [-0.1, -0.05) is 0 Å². The van der Waals surface area contributed by atoms with E-state index in [1.165, 1.54) is 4.90 Å². The van der Waals surface area contributed by atoms with E-state index >= 15 is 0 Å². The van der Waals surface area contributed by atoms with Crippen LogP contribution in [0.25, 0.3) is 0 Å². The summed E-state index contributed by atoms with van der Waals surface area (Å²) >= 11 is 0. The second-order valence-corrected chi connectivity index (χ2v) is 6.78. The Morgan fingerprint density at radius 2 is 2.13 bits per heavy atom. The number of amides is 2. The number of aryl methyl sites for hydroxylation is 2. The first-order valence-corrected chi connectivity index (χ1v) is 7.91. The average Bonchev–Trinajstić information content (AvgIpc) is 2.96. The molecule has 1 N–H and O–H groups in total. The highest BCUT2D eigenvalue weighted by molar-refractivity contribution is 5.75. The summed E-state index contributed by atoms with van der Waals surface area (Å²) < 4.78 is 27.7. The lowest BCUT2D eigenvalue weighted by molar-refractivity contribution is 0.0820. The molecule has 0 saturated carbocycles. The molecule has 130 valence electrons. The van der Waals surface area contributed by atoms with Crippen LogP contribution in [0.4, 0.5) is 13.6 Å². The van der Waals surface area contributed by atoms with E-state index in [4.69, 9.17) is 0 Å². The van der Waals surface area contributed by atoms with E-state index in [1.54, 1.807) is 0 Å². The van der Waals surface area contributed by atoms with Gasteiger partial charge in [0.25, 0.3) is 0 Å². The average molecular weight is 329 g/mol. The number of likely N-dealkylation sites (tertiary alicyclic amines) is 1. The lowest BCUT2D eigenvalue weighted by atomic mass is 9.97. The van der Waals surface area contributed by atoms with Crippen LogP contribution in [0.3, 0.4) is 0 Å². The highest BCUT2D eigenvalue weighted by Gasteiger charge is 2.44. The number of alkyl halides is 2. The molecule has 1 aliphatic heterocycles. The molecule has 1 atom stereocenters. The van der Waals surface area contributed by atoms with Gasteiger partial charge in [-0.05, 0) is 33.6 Å². The predicted octanol–water partition coefficient (Wildman–Crippen LogP) is 2.13. The van der Waals surface area contributed by atoms with Crippen LogP contribution in [0.1, 0.15) is 38.3 Å². The highest BCUT2D eigenvalue weighted by atomic mass is 19.3. The zero-order valence-electron chi connectivity index (χ0n) is 14.1. The number of hydrogen-bond acceptors (Lipinski definition) is 3. The molecule has 1 aromatic rings. The van der Waals surface area contributed by atoms with E-state index in [1.807, 2.05) is 32.4 Å². The van der Waals surface area contributed by atoms with Crippen molar-refractivity contribution in [2.45, 2.75) is 52.0 Å². The van der Waals surface area contributed by atoms with Gasteiger partial charge in [-0.25, -0.2) is 13.6 Å². The smallest absolute Gasteiger partial charge is 0.317 e. The minimum atomic E-state index is -2.38. The molecular weight excluding hydrogens is 304 g/mol. The summed E-state index contributed by atoms with van der Waals surface area (Å²) in [6.07, 6.45) is -0.618. The Labute approximate surface area is 135 Å². The summed E-state index contributed by atoms with van der Waals surface area (Å²) in [6.45, 7) is 6.14. The summed E-state index contributed by atoms with van der Waals surface area (Å²) in [4.78, 5) is 13.8. The monoisotopic (exact) mass is 329 g/mol. The van der Waals surface area contributed by atoms with E-state index in [0.717, 1.165) is 18.1 Å². The van der Waals surface area contributed by atoms with E-state index in [9.17, 15) is 13.6 Å². The second kappa shape index (κ2) is 6.80. The van der Waals surface area contributed by atoms with Crippen molar-refractivity contribution >= 4 is 6.03 Å². The predicted molar refractivity (Wildman–Crippen MR) is 82.4 cm³/mol. The summed E-state index contributed by atoms with van der Waals surface area (Å²) in [7, 11) is 1.90. The van der Waals surface area contributed by atoms with Crippen molar-refractivity contribution in [2.24, 2.45) is 13.0 Å². The number of carbonyl (C=O) groups excluding carboxylic acids is 1. The van der Waals surface area contributed by atoms with E-state index in [-0.39, 0.29) is 12.6 Å². The third-order valence-corrected chi connectivity index (χ3v) is 4.55. The second-order valence-electron chi connectivity index (χ2n) is 6.78. The van der Waals surface area contributed by atoms with Gasteiger partial charge in [-0.2, -0.15) is 0 Å². The fourth-order valence-corrected chi connectivity index (χ4v) is 3.03. The molecule has 0 radical (unpaired) electrons. The van der Waals surface area contributed by atoms with Crippen molar-refractivity contribution in [1.82, 2.24) is 25.0 Å². The SMILES string of the molecule is Cc1nnc(CCCNC(=O)N2CC(C(F)F)CC2(C)C)n1C. The van der Waals surface area contributed by atoms with Crippen LogP contribution in [0, 0.1) is 12.8 Å². The Hall–Kier alpha value is -1.73. The van der Waals surface area contributed by atoms with Crippen molar-refractivity contribution in [2.75, 3.05) is 13.1 Å². The maximum absolute atomic E-state index is 12.9. The number of halogens is 2. The van der Waals surface area contributed by atoms with Crippen LogP contribution in [0.5, 0.6) is 0 Å². The molecule has 2 amide bonds. The molecule has 1 fully saturated rings. The number of urea groups is 1. The van der Waals surface area contributed by atoms with Crippen molar-refractivity contribution in [1.29, 1.82) is 0 Å². The van der Waals surface area contributed by atoms with Gasteiger partial charge in [0.2, 0.25) is 6.43 Å². The minimum Gasteiger partial charge on any atom is -0.338 e. The van der Waals surface area contributed by atoms with Gasteiger partial charge in [0.15, 0.2) is 0 Å². The van der Waals surface area contributed by atoms with Gasteiger partial charge in [0.1, 0.15) is 11.6 Å². The maximum Gasteiger partial charge on any atom is 0.317 e. The molecule has 0 spiro atoms. The summed E-state index contributed by atoms with van der Waals surface area (Å²) in [5.74, 6) is 0.981. The third-order valence-electron chi connectivity index (χ3n) is 4.55. The molecule has 23 heavy (non-hydrogen) atoms. The summed E-state index contributed by atoms with van der Waals surface area (Å²) in [5, 5.41) is 10.9. The molecule has 2 heterocycles. The first kappa shape index (κ1) is 17.6. The zero-order chi connectivity index (χ0) is 17.2. The standard InChI is InChI=1S/C15H25F2N5O/c1-10-19-20-12(21(10)4)6-5-7-18-14(23)22-9-11(13(16)17)8-15(22,2)3/h11,13H,5-9H2,1-4H3,(H,18,23). The molecule has 1 aromatic heterocycles. The van der Waals surface area contributed by atoms with Gasteiger partial charge in [0, 0.05) is 38.0 Å². The van der Waals surface area contributed by atoms with Gasteiger partial charge < -0.3 is 14.8 Å². The van der Waals surface area contributed by atoms with Crippen molar-refractivity contribution in [3.05, 3.63) is 11.6 Å².